The molecular weight excluding hydrogens is 228 g/mol. The number of esters is 1. The van der Waals surface area contributed by atoms with Crippen LogP contribution in [-0.2, 0) is 14.3 Å². The maximum Gasteiger partial charge on any atom is 0.322 e. The molecule has 1 aliphatic heterocycles. The molecule has 2 atom stereocenters. The molecule has 5 nitrogen and oxygen atoms in total. The third kappa shape index (κ3) is 2.21. The van der Waals surface area contributed by atoms with Crippen LogP contribution >= 0.6 is 12.2 Å². The Balaban J connectivity index is 2.97. The Bertz CT molecular complexity index is 356. The zero-order valence-corrected chi connectivity index (χ0v) is 9.80. The van der Waals surface area contributed by atoms with Crippen LogP contribution in [0.5, 0.6) is 0 Å². The molecule has 3 N–H and O–H groups in total. The quantitative estimate of drug-likeness (QED) is 0.321. The molecule has 1 saturated heterocycles. The highest BCUT2D eigenvalue weighted by Crippen LogP contribution is 2.37. The topological polar surface area (TPSA) is 81.4 Å². The third-order valence-electron chi connectivity index (χ3n) is 2.50. The molecule has 0 radical (unpaired) electrons. The molecule has 0 aliphatic carbocycles. The summed E-state index contributed by atoms with van der Waals surface area (Å²) in [6.07, 6.45) is 1.75. The van der Waals surface area contributed by atoms with Crippen molar-refractivity contribution >= 4 is 29.2 Å². The number of thiocarbonyl (C=S) groups is 1. The van der Waals surface area contributed by atoms with Gasteiger partial charge in [-0.3, -0.25) is 9.59 Å². The Kier molecular flexibility index (Phi) is 3.64. The maximum atomic E-state index is 11.9. The number of carbonyl (C=O) groups excluding carboxylic acids is 2. The molecule has 0 spiro atoms. The van der Waals surface area contributed by atoms with Gasteiger partial charge in [0.05, 0.1) is 0 Å². The molecular formula is C10H14N2O3S. The average molecular weight is 242 g/mol. The minimum absolute atomic E-state index is 0.152. The average Bonchev–Trinajstić information content (AvgIpc) is 2.42. The first-order valence-electron chi connectivity index (χ1n) is 4.85. The molecule has 16 heavy (non-hydrogen) atoms. The number of nitrogens with one attached hydrogen (secondary N) is 1. The summed E-state index contributed by atoms with van der Waals surface area (Å²) in [7, 11) is 0. The van der Waals surface area contributed by atoms with E-state index >= 15 is 0 Å². The Hall–Kier alpha value is -1.43. The van der Waals surface area contributed by atoms with Crippen molar-refractivity contribution in [3.05, 3.63) is 12.7 Å². The molecule has 1 rings (SSSR count). The van der Waals surface area contributed by atoms with E-state index in [1.165, 1.54) is 6.08 Å². The third-order valence-corrected chi connectivity index (χ3v) is 2.60. The van der Waals surface area contributed by atoms with E-state index in [1.807, 2.05) is 0 Å². The Morgan fingerprint density at radius 1 is 1.88 bits per heavy atom. The van der Waals surface area contributed by atoms with E-state index in [1.54, 1.807) is 6.92 Å². The van der Waals surface area contributed by atoms with Crippen molar-refractivity contribution in [2.45, 2.75) is 25.9 Å². The van der Waals surface area contributed by atoms with Gasteiger partial charge in [0.1, 0.15) is 6.10 Å². The number of amides is 1. The fraction of sp³-hybridized carbons (Fsp3) is 0.500. The van der Waals surface area contributed by atoms with E-state index in [-0.39, 0.29) is 17.6 Å². The lowest BCUT2D eigenvalue weighted by molar-refractivity contribution is -0.152. The van der Waals surface area contributed by atoms with Crippen LogP contribution in [0.2, 0.25) is 0 Å². The molecule has 6 heteroatoms. The number of rotatable bonds is 3. The lowest BCUT2D eigenvalue weighted by Crippen LogP contribution is -2.48. The van der Waals surface area contributed by atoms with Gasteiger partial charge in [-0.1, -0.05) is 6.08 Å². The summed E-state index contributed by atoms with van der Waals surface area (Å²) in [5, 5.41) is 2.13. The number of carbonyl (C=O) groups is 2. The van der Waals surface area contributed by atoms with Crippen molar-refractivity contribution in [3.8, 4) is 0 Å². The van der Waals surface area contributed by atoms with Crippen LogP contribution in [-0.4, -0.2) is 23.1 Å². The van der Waals surface area contributed by atoms with E-state index in [2.05, 4.69) is 24.1 Å². The Labute approximate surface area is 99.0 Å². The summed E-state index contributed by atoms with van der Waals surface area (Å²) < 4.78 is 5.00. The summed E-state index contributed by atoms with van der Waals surface area (Å²) in [5.41, 5.74) is 3.99. The van der Waals surface area contributed by atoms with E-state index in [0.717, 1.165) is 0 Å². The van der Waals surface area contributed by atoms with Crippen molar-refractivity contribution in [1.82, 2.24) is 5.32 Å². The minimum atomic E-state index is -1.23. The first kappa shape index (κ1) is 12.6. The second kappa shape index (κ2) is 4.61. The lowest BCUT2D eigenvalue weighted by atomic mass is 9.80. The first-order chi connectivity index (χ1) is 7.42. The Morgan fingerprint density at radius 3 is 2.88 bits per heavy atom. The highest BCUT2D eigenvalue weighted by atomic mass is 32.1. The van der Waals surface area contributed by atoms with Gasteiger partial charge in [0.15, 0.2) is 10.5 Å². The van der Waals surface area contributed by atoms with Crippen molar-refractivity contribution in [1.29, 1.82) is 0 Å². The zero-order chi connectivity index (χ0) is 12.3. The van der Waals surface area contributed by atoms with Gasteiger partial charge in [-0.2, -0.15) is 0 Å². The van der Waals surface area contributed by atoms with Gasteiger partial charge in [0, 0.05) is 6.42 Å². The molecule has 0 aromatic rings. The zero-order valence-electron chi connectivity index (χ0n) is 8.99. The van der Waals surface area contributed by atoms with Crippen LogP contribution < -0.4 is 11.1 Å². The smallest absolute Gasteiger partial charge is 0.322 e. The van der Waals surface area contributed by atoms with Crippen LogP contribution in [0, 0.1) is 5.41 Å². The van der Waals surface area contributed by atoms with Gasteiger partial charge in [0.25, 0.3) is 0 Å². The number of hydrogen-bond donors (Lipinski definition) is 2. The first-order valence-corrected chi connectivity index (χ1v) is 5.26. The van der Waals surface area contributed by atoms with Crippen LogP contribution in [0.25, 0.3) is 0 Å². The van der Waals surface area contributed by atoms with E-state index in [9.17, 15) is 9.59 Å². The summed E-state index contributed by atoms with van der Waals surface area (Å²) in [6, 6.07) is 0. The molecule has 0 saturated carbocycles. The predicted molar refractivity (Wildman–Crippen MR) is 62.3 cm³/mol. The number of allylic oxidation sites excluding steroid dienone is 1. The normalized spacial score (nSPS) is 28.3. The SMILES string of the molecule is C=CCC1(C(=O)NC(N)=S)CC(C)OC1=O. The second-order valence-corrected chi connectivity index (χ2v) is 4.25. The van der Waals surface area contributed by atoms with Crippen molar-refractivity contribution in [2.24, 2.45) is 11.1 Å². The monoisotopic (exact) mass is 242 g/mol. The summed E-state index contributed by atoms with van der Waals surface area (Å²) in [4.78, 5) is 23.6. The van der Waals surface area contributed by atoms with Crippen molar-refractivity contribution < 1.29 is 14.3 Å². The van der Waals surface area contributed by atoms with Crippen LogP contribution in [0.3, 0.4) is 0 Å². The number of cyclic esters (lactones) is 1. The molecule has 1 amide bonds. The van der Waals surface area contributed by atoms with Crippen molar-refractivity contribution in [3.63, 3.8) is 0 Å². The van der Waals surface area contributed by atoms with Gasteiger partial charge in [0.2, 0.25) is 5.91 Å². The minimum Gasteiger partial charge on any atom is -0.462 e. The number of hydrogen-bond acceptors (Lipinski definition) is 4. The van der Waals surface area contributed by atoms with E-state index in [0.29, 0.717) is 6.42 Å². The largest absolute Gasteiger partial charge is 0.462 e. The highest BCUT2D eigenvalue weighted by molar-refractivity contribution is 7.80. The second-order valence-electron chi connectivity index (χ2n) is 3.81. The standard InChI is InChI=1S/C10H14N2O3S/c1-3-4-10(7(13)12-9(11)16)5-6(2)15-8(10)14/h3,6H,1,4-5H2,2H3,(H3,11,12,13,16). The van der Waals surface area contributed by atoms with E-state index < -0.39 is 17.3 Å². The van der Waals surface area contributed by atoms with Crippen molar-refractivity contribution in [2.75, 3.05) is 0 Å². The van der Waals surface area contributed by atoms with E-state index in [4.69, 9.17) is 10.5 Å². The molecule has 0 bridgehead atoms. The van der Waals surface area contributed by atoms with Gasteiger partial charge < -0.3 is 15.8 Å². The number of ether oxygens (including phenoxy) is 1. The number of nitrogens with two attached hydrogens (primary N) is 1. The van der Waals surface area contributed by atoms with Gasteiger partial charge >= 0.3 is 5.97 Å². The van der Waals surface area contributed by atoms with Gasteiger partial charge in [-0.05, 0) is 25.6 Å². The van der Waals surface area contributed by atoms with Gasteiger partial charge in [-0.15, -0.1) is 6.58 Å². The highest BCUT2D eigenvalue weighted by Gasteiger charge is 2.52. The van der Waals surface area contributed by atoms with Crippen LogP contribution in [0.15, 0.2) is 12.7 Å². The molecule has 88 valence electrons. The van der Waals surface area contributed by atoms with Gasteiger partial charge in [-0.25, -0.2) is 0 Å². The van der Waals surface area contributed by atoms with Crippen LogP contribution in [0.1, 0.15) is 19.8 Å². The predicted octanol–water partition coefficient (Wildman–Crippen LogP) is 0.244. The Morgan fingerprint density at radius 2 is 2.50 bits per heavy atom. The van der Waals surface area contributed by atoms with Crippen LogP contribution in [0.4, 0.5) is 0 Å². The fourth-order valence-corrected chi connectivity index (χ4v) is 1.93. The molecule has 1 heterocycles. The maximum absolute atomic E-state index is 11.9. The fourth-order valence-electron chi connectivity index (χ4n) is 1.83. The molecule has 2 unspecified atom stereocenters. The summed E-state index contributed by atoms with van der Waals surface area (Å²) >= 11 is 4.58. The lowest BCUT2D eigenvalue weighted by Gasteiger charge is -2.21. The summed E-state index contributed by atoms with van der Waals surface area (Å²) in [6.45, 7) is 5.27. The molecule has 1 fully saturated rings. The molecule has 0 aromatic carbocycles. The molecule has 0 aromatic heterocycles. The molecule has 1 aliphatic rings. The summed E-state index contributed by atoms with van der Waals surface area (Å²) in [5.74, 6) is -1.07.